The lowest BCUT2D eigenvalue weighted by Crippen LogP contribution is -2.41. The van der Waals surface area contributed by atoms with E-state index in [9.17, 15) is 14.0 Å². The number of carbonyl (C=O) groups excluding carboxylic acids is 1. The summed E-state index contributed by atoms with van der Waals surface area (Å²) < 4.78 is 18.7. The topological polar surface area (TPSA) is 75.6 Å². The number of hydrogen-bond donors (Lipinski definition) is 2. The van der Waals surface area contributed by atoms with Gasteiger partial charge in [0, 0.05) is 10.5 Å². The van der Waals surface area contributed by atoms with Gasteiger partial charge in [0.15, 0.2) is 0 Å². The van der Waals surface area contributed by atoms with E-state index in [0.717, 1.165) is 0 Å². The number of halogens is 2. The van der Waals surface area contributed by atoms with Crippen LogP contribution in [0.5, 0.6) is 0 Å². The van der Waals surface area contributed by atoms with Crippen LogP contribution in [0.4, 0.5) is 9.18 Å². The summed E-state index contributed by atoms with van der Waals surface area (Å²) in [6.45, 7) is 5.15. The van der Waals surface area contributed by atoms with Gasteiger partial charge in [0.2, 0.25) is 0 Å². The number of ether oxygens (including phenoxy) is 1. The number of amides is 1. The average Bonchev–Trinajstić information content (AvgIpc) is 2.29. The van der Waals surface area contributed by atoms with Crippen molar-refractivity contribution in [3.8, 4) is 0 Å². The normalized spacial score (nSPS) is 12.6. The zero-order chi connectivity index (χ0) is 16.9. The molecule has 0 fully saturated rings. The first kappa shape index (κ1) is 18.4. The van der Waals surface area contributed by atoms with Crippen molar-refractivity contribution in [1.29, 1.82) is 0 Å². The molecule has 0 radical (unpaired) electrons. The van der Waals surface area contributed by atoms with Crippen molar-refractivity contribution >= 4 is 28.0 Å². The van der Waals surface area contributed by atoms with Gasteiger partial charge in [-0.15, -0.1) is 0 Å². The van der Waals surface area contributed by atoms with Crippen molar-refractivity contribution in [2.75, 3.05) is 0 Å². The number of nitrogens with one attached hydrogen (secondary N) is 1. The second-order valence-corrected chi connectivity index (χ2v) is 6.74. The molecule has 7 heteroatoms. The van der Waals surface area contributed by atoms with Crippen LogP contribution in [-0.4, -0.2) is 28.8 Å². The Hall–Kier alpha value is -1.63. The standard InChI is InChI=1S/C15H19BrFNO4/c1-15(2,3)22-14(21)18-11(8-13(19)20)6-9-4-5-10(17)7-12(9)16/h4-5,7,11H,6,8H2,1-3H3,(H,18,21)(H,19,20). The quantitative estimate of drug-likeness (QED) is 0.825. The van der Waals surface area contributed by atoms with Crippen molar-refractivity contribution in [2.45, 2.75) is 45.3 Å². The van der Waals surface area contributed by atoms with E-state index in [2.05, 4.69) is 21.2 Å². The maximum Gasteiger partial charge on any atom is 0.407 e. The maximum atomic E-state index is 13.1. The third-order valence-electron chi connectivity index (χ3n) is 2.62. The van der Waals surface area contributed by atoms with E-state index in [1.165, 1.54) is 12.1 Å². The van der Waals surface area contributed by atoms with Crippen LogP contribution < -0.4 is 5.32 Å². The van der Waals surface area contributed by atoms with Gasteiger partial charge in [0.25, 0.3) is 0 Å². The molecular formula is C15H19BrFNO4. The Balaban J connectivity index is 2.80. The van der Waals surface area contributed by atoms with Crippen molar-refractivity contribution in [3.05, 3.63) is 34.1 Å². The first-order valence-electron chi connectivity index (χ1n) is 6.72. The predicted molar refractivity (Wildman–Crippen MR) is 83.2 cm³/mol. The Bertz CT molecular complexity index is 557. The summed E-state index contributed by atoms with van der Waals surface area (Å²) in [5.41, 5.74) is 0.0256. The number of carboxylic acids is 1. The van der Waals surface area contributed by atoms with Crippen molar-refractivity contribution in [1.82, 2.24) is 5.32 Å². The summed E-state index contributed by atoms with van der Waals surface area (Å²) in [6, 6.07) is 3.46. The van der Waals surface area contributed by atoms with E-state index in [-0.39, 0.29) is 12.8 Å². The summed E-state index contributed by atoms with van der Waals surface area (Å²) in [7, 11) is 0. The van der Waals surface area contributed by atoms with E-state index in [0.29, 0.717) is 10.0 Å². The minimum absolute atomic E-state index is 0.242. The molecule has 1 rings (SSSR count). The predicted octanol–water partition coefficient (Wildman–Crippen LogP) is 3.50. The number of hydrogen-bond acceptors (Lipinski definition) is 3. The Morgan fingerprint density at radius 3 is 2.55 bits per heavy atom. The second kappa shape index (κ2) is 7.58. The fraction of sp³-hybridized carbons (Fsp3) is 0.467. The van der Waals surface area contributed by atoms with E-state index in [1.54, 1.807) is 26.8 Å². The van der Waals surface area contributed by atoms with Gasteiger partial charge in [-0.2, -0.15) is 0 Å². The molecule has 0 heterocycles. The Morgan fingerprint density at radius 2 is 2.05 bits per heavy atom. The smallest absolute Gasteiger partial charge is 0.407 e. The van der Waals surface area contributed by atoms with Crippen molar-refractivity contribution < 1.29 is 23.8 Å². The highest BCUT2D eigenvalue weighted by atomic mass is 79.9. The molecule has 1 aromatic carbocycles. The first-order valence-corrected chi connectivity index (χ1v) is 7.51. The highest BCUT2D eigenvalue weighted by Crippen LogP contribution is 2.20. The Kier molecular flexibility index (Phi) is 6.34. The van der Waals surface area contributed by atoms with Crippen LogP contribution in [-0.2, 0) is 16.0 Å². The lowest BCUT2D eigenvalue weighted by Gasteiger charge is -2.23. The van der Waals surface area contributed by atoms with E-state index >= 15 is 0 Å². The summed E-state index contributed by atoms with van der Waals surface area (Å²) in [4.78, 5) is 22.7. The number of aliphatic carboxylic acids is 1. The van der Waals surface area contributed by atoms with Gasteiger partial charge in [-0.3, -0.25) is 4.79 Å². The van der Waals surface area contributed by atoms with Gasteiger partial charge in [-0.05, 0) is 44.9 Å². The fourth-order valence-corrected chi connectivity index (χ4v) is 2.32. The van der Waals surface area contributed by atoms with Crippen molar-refractivity contribution in [3.63, 3.8) is 0 Å². The number of alkyl carbamates (subject to hydrolysis) is 1. The lowest BCUT2D eigenvalue weighted by atomic mass is 10.0. The van der Waals surface area contributed by atoms with Crippen LogP contribution in [0.1, 0.15) is 32.8 Å². The van der Waals surface area contributed by atoms with Gasteiger partial charge >= 0.3 is 12.1 Å². The molecule has 22 heavy (non-hydrogen) atoms. The van der Waals surface area contributed by atoms with Gasteiger partial charge < -0.3 is 15.2 Å². The number of carbonyl (C=O) groups is 2. The van der Waals surface area contributed by atoms with Crippen LogP contribution in [0.15, 0.2) is 22.7 Å². The summed E-state index contributed by atoms with van der Waals surface area (Å²) in [5, 5.41) is 11.5. The summed E-state index contributed by atoms with van der Waals surface area (Å²) in [5.74, 6) is -1.44. The minimum atomic E-state index is -1.04. The average molecular weight is 376 g/mol. The molecule has 5 nitrogen and oxygen atoms in total. The van der Waals surface area contributed by atoms with Crippen LogP contribution >= 0.6 is 15.9 Å². The molecule has 1 aromatic rings. The maximum absolute atomic E-state index is 13.1. The van der Waals surface area contributed by atoms with Gasteiger partial charge in [0.05, 0.1) is 6.42 Å². The number of carboxylic acid groups (broad SMARTS) is 1. The largest absolute Gasteiger partial charge is 0.481 e. The SMILES string of the molecule is CC(C)(C)OC(=O)NC(CC(=O)O)Cc1ccc(F)cc1Br. The number of benzene rings is 1. The molecule has 0 aliphatic rings. The molecule has 1 amide bonds. The first-order chi connectivity index (χ1) is 10.1. The van der Waals surface area contributed by atoms with Gasteiger partial charge in [-0.1, -0.05) is 22.0 Å². The molecule has 0 aromatic heterocycles. The number of rotatable bonds is 5. The monoisotopic (exact) mass is 375 g/mol. The third kappa shape index (κ3) is 6.89. The Labute approximate surface area is 137 Å². The zero-order valence-electron chi connectivity index (χ0n) is 12.7. The molecule has 122 valence electrons. The van der Waals surface area contributed by atoms with E-state index in [4.69, 9.17) is 9.84 Å². The van der Waals surface area contributed by atoms with Gasteiger partial charge in [-0.25, -0.2) is 9.18 Å². The molecule has 0 aliphatic carbocycles. The van der Waals surface area contributed by atoms with Crippen LogP contribution in [0, 0.1) is 5.82 Å². The second-order valence-electron chi connectivity index (χ2n) is 5.88. The highest BCUT2D eigenvalue weighted by molar-refractivity contribution is 9.10. The molecule has 0 bridgehead atoms. The molecule has 0 aliphatic heterocycles. The molecule has 0 saturated carbocycles. The zero-order valence-corrected chi connectivity index (χ0v) is 14.2. The molecule has 2 N–H and O–H groups in total. The molecule has 1 atom stereocenters. The summed E-state index contributed by atoms with van der Waals surface area (Å²) in [6.07, 6.45) is -0.702. The minimum Gasteiger partial charge on any atom is -0.481 e. The van der Waals surface area contributed by atoms with Crippen LogP contribution in [0.25, 0.3) is 0 Å². The Morgan fingerprint density at radius 1 is 1.41 bits per heavy atom. The van der Waals surface area contributed by atoms with Gasteiger partial charge in [0.1, 0.15) is 11.4 Å². The molecule has 1 unspecified atom stereocenters. The van der Waals surface area contributed by atoms with E-state index in [1.807, 2.05) is 0 Å². The van der Waals surface area contributed by atoms with E-state index < -0.39 is 29.5 Å². The molecule has 0 spiro atoms. The lowest BCUT2D eigenvalue weighted by molar-refractivity contribution is -0.137. The van der Waals surface area contributed by atoms with Crippen LogP contribution in [0.3, 0.4) is 0 Å². The molecular weight excluding hydrogens is 357 g/mol. The summed E-state index contributed by atoms with van der Waals surface area (Å²) >= 11 is 3.23. The molecule has 0 saturated heterocycles. The van der Waals surface area contributed by atoms with Crippen LogP contribution in [0.2, 0.25) is 0 Å². The third-order valence-corrected chi connectivity index (χ3v) is 3.36. The van der Waals surface area contributed by atoms with Crippen molar-refractivity contribution in [2.24, 2.45) is 0 Å². The fourth-order valence-electron chi connectivity index (χ4n) is 1.81. The highest BCUT2D eigenvalue weighted by Gasteiger charge is 2.22.